The molecule has 0 bridgehead atoms. The smallest absolute Gasteiger partial charge is 0.180 e. The topological polar surface area (TPSA) is 51.4 Å². The predicted octanol–water partition coefficient (Wildman–Crippen LogP) is 4.73. The minimum absolute atomic E-state index is 0.587. The highest BCUT2D eigenvalue weighted by atomic mass is 32.1. The molecule has 2 aromatic carbocycles. The second-order valence-corrected chi connectivity index (χ2v) is 8.59. The zero-order valence-electron chi connectivity index (χ0n) is 16.8. The number of nitrogen functional groups attached to an aromatic ring is 1. The summed E-state index contributed by atoms with van der Waals surface area (Å²) < 4.78 is 6.00. The number of fused-ring (bicyclic) bond motifs is 1. The van der Waals surface area contributed by atoms with Crippen LogP contribution in [0.1, 0.15) is 27.3 Å². The van der Waals surface area contributed by atoms with Crippen molar-refractivity contribution in [3.05, 3.63) is 81.9 Å². The number of nitrogens with zero attached hydrogens (tertiary/aromatic N) is 2. The predicted molar refractivity (Wildman–Crippen MR) is 121 cm³/mol. The van der Waals surface area contributed by atoms with Gasteiger partial charge in [-0.25, -0.2) is 4.98 Å². The van der Waals surface area contributed by atoms with Gasteiger partial charge in [0.25, 0.3) is 0 Å². The van der Waals surface area contributed by atoms with Gasteiger partial charge >= 0.3 is 0 Å². The van der Waals surface area contributed by atoms with Crippen LogP contribution in [0.3, 0.4) is 0 Å². The number of nitrogens with two attached hydrogens (primary N) is 1. The third kappa shape index (κ3) is 5.46. The fraction of sp³-hybridized carbons (Fsp3) is 0.292. The molecule has 29 heavy (non-hydrogen) atoms. The third-order valence-electron chi connectivity index (χ3n) is 5.11. The molecule has 0 radical (unpaired) electrons. The normalized spacial score (nSPS) is 14.7. The average Bonchev–Trinajstić information content (AvgIpc) is 2.97. The van der Waals surface area contributed by atoms with E-state index in [1.165, 1.54) is 27.3 Å². The molecule has 4 nitrogen and oxygen atoms in total. The first-order valence-electron chi connectivity index (χ1n) is 10.1. The minimum Gasteiger partial charge on any atom is -0.489 e. The maximum Gasteiger partial charge on any atom is 0.180 e. The summed E-state index contributed by atoms with van der Waals surface area (Å²) in [4.78, 5) is 8.30. The zero-order chi connectivity index (χ0) is 20.1. The number of benzene rings is 2. The maximum absolute atomic E-state index is 6.00. The summed E-state index contributed by atoms with van der Waals surface area (Å²) in [5.74, 6) is 0.913. The monoisotopic (exact) mass is 405 g/mol. The van der Waals surface area contributed by atoms with Gasteiger partial charge in [-0.05, 0) is 42.2 Å². The van der Waals surface area contributed by atoms with Crippen molar-refractivity contribution in [1.82, 2.24) is 9.88 Å². The van der Waals surface area contributed by atoms with Crippen LogP contribution in [-0.2, 0) is 19.4 Å². The van der Waals surface area contributed by atoms with Crippen molar-refractivity contribution in [2.45, 2.75) is 26.4 Å². The second-order valence-electron chi connectivity index (χ2n) is 7.48. The lowest BCUT2D eigenvalue weighted by Crippen LogP contribution is -2.26. The molecule has 2 N–H and O–H groups in total. The third-order valence-corrected chi connectivity index (χ3v) is 6.10. The van der Waals surface area contributed by atoms with E-state index in [1.54, 1.807) is 11.3 Å². The van der Waals surface area contributed by atoms with Gasteiger partial charge in [0.15, 0.2) is 5.13 Å². The Labute approximate surface area is 176 Å². The quantitative estimate of drug-likeness (QED) is 0.644. The van der Waals surface area contributed by atoms with E-state index in [0.717, 1.165) is 38.2 Å². The van der Waals surface area contributed by atoms with Crippen molar-refractivity contribution in [2.75, 3.05) is 25.4 Å². The molecule has 0 amide bonds. The molecule has 1 aliphatic rings. The highest BCUT2D eigenvalue weighted by Gasteiger charge is 2.16. The van der Waals surface area contributed by atoms with E-state index in [9.17, 15) is 0 Å². The highest BCUT2D eigenvalue weighted by molar-refractivity contribution is 7.15. The van der Waals surface area contributed by atoms with E-state index >= 15 is 0 Å². The van der Waals surface area contributed by atoms with Crippen molar-refractivity contribution >= 4 is 22.5 Å². The molecule has 0 fully saturated rings. The van der Waals surface area contributed by atoms with Gasteiger partial charge in [-0.15, -0.1) is 11.3 Å². The number of hydrogen-bond acceptors (Lipinski definition) is 5. The summed E-state index contributed by atoms with van der Waals surface area (Å²) >= 11 is 1.64. The molecule has 2 heterocycles. The van der Waals surface area contributed by atoms with Gasteiger partial charge in [-0.2, -0.15) is 0 Å². The Morgan fingerprint density at radius 1 is 1.14 bits per heavy atom. The Morgan fingerprint density at radius 3 is 2.83 bits per heavy atom. The molecule has 0 spiro atoms. The van der Waals surface area contributed by atoms with Gasteiger partial charge in [-0.3, -0.25) is 4.90 Å². The Bertz CT molecular complexity index is 956. The summed E-state index contributed by atoms with van der Waals surface area (Å²) in [7, 11) is 0. The largest absolute Gasteiger partial charge is 0.489 e. The Kier molecular flexibility index (Phi) is 6.27. The first-order chi connectivity index (χ1) is 14.2. The van der Waals surface area contributed by atoms with Crippen molar-refractivity contribution < 1.29 is 4.74 Å². The van der Waals surface area contributed by atoms with E-state index in [1.807, 2.05) is 18.2 Å². The molecule has 150 valence electrons. The molecular formula is C24H27N3OS. The first-order valence-corrected chi connectivity index (χ1v) is 10.9. The average molecular weight is 406 g/mol. The summed E-state index contributed by atoms with van der Waals surface area (Å²) in [6.07, 6.45) is 6.47. The Balaban J connectivity index is 1.33. The van der Waals surface area contributed by atoms with Gasteiger partial charge in [-0.1, -0.05) is 48.6 Å². The molecule has 5 heteroatoms. The maximum atomic E-state index is 6.00. The molecule has 1 aliphatic heterocycles. The van der Waals surface area contributed by atoms with Crippen LogP contribution in [0.15, 0.2) is 54.6 Å². The van der Waals surface area contributed by atoms with Crippen LogP contribution in [0.2, 0.25) is 0 Å². The number of hydrogen-bond donors (Lipinski definition) is 1. The number of rotatable bonds is 6. The first kappa shape index (κ1) is 19.7. The molecule has 1 aromatic heterocycles. The molecule has 3 aromatic rings. The van der Waals surface area contributed by atoms with E-state index in [0.29, 0.717) is 11.7 Å². The van der Waals surface area contributed by atoms with Crippen LogP contribution in [0.25, 0.3) is 6.08 Å². The number of aryl methyl sites for hydroxylation is 1. The molecule has 0 atom stereocenters. The molecule has 0 saturated carbocycles. The van der Waals surface area contributed by atoms with E-state index in [-0.39, 0.29) is 0 Å². The fourth-order valence-electron chi connectivity index (χ4n) is 3.65. The summed E-state index contributed by atoms with van der Waals surface area (Å²) in [5, 5.41) is 0.702. The SMILES string of the molecule is Cc1cc(/C=C/CN2CCc3nc(N)sc3CC2)cc(OCc2ccccc2)c1. The molecule has 0 saturated heterocycles. The van der Waals surface area contributed by atoms with Crippen molar-refractivity contribution in [1.29, 1.82) is 0 Å². The highest BCUT2D eigenvalue weighted by Crippen LogP contribution is 2.24. The van der Waals surface area contributed by atoms with Crippen LogP contribution in [0.5, 0.6) is 5.75 Å². The van der Waals surface area contributed by atoms with Gasteiger partial charge in [0.05, 0.1) is 5.69 Å². The van der Waals surface area contributed by atoms with Gasteiger partial charge in [0.1, 0.15) is 12.4 Å². The molecular weight excluding hydrogens is 378 g/mol. The number of ether oxygens (including phenoxy) is 1. The van der Waals surface area contributed by atoms with Gasteiger partial charge < -0.3 is 10.5 Å². The van der Waals surface area contributed by atoms with Crippen LogP contribution in [0, 0.1) is 6.92 Å². The van der Waals surface area contributed by atoms with Crippen molar-refractivity contribution in [3.63, 3.8) is 0 Å². The second kappa shape index (κ2) is 9.25. The number of thiazole rings is 1. The lowest BCUT2D eigenvalue weighted by molar-refractivity contribution is 0.306. The van der Waals surface area contributed by atoms with Crippen molar-refractivity contribution in [3.8, 4) is 5.75 Å². The van der Waals surface area contributed by atoms with Gasteiger partial charge in [0.2, 0.25) is 0 Å². The van der Waals surface area contributed by atoms with Crippen LogP contribution in [-0.4, -0.2) is 29.5 Å². The van der Waals surface area contributed by atoms with E-state index in [2.05, 4.69) is 59.3 Å². The van der Waals surface area contributed by atoms with Crippen LogP contribution >= 0.6 is 11.3 Å². The lowest BCUT2D eigenvalue weighted by atomic mass is 10.1. The van der Waals surface area contributed by atoms with E-state index in [4.69, 9.17) is 10.5 Å². The zero-order valence-corrected chi connectivity index (χ0v) is 17.6. The Morgan fingerprint density at radius 2 is 1.97 bits per heavy atom. The number of aromatic nitrogens is 1. The fourth-order valence-corrected chi connectivity index (χ4v) is 4.51. The molecule has 4 rings (SSSR count). The summed E-state index contributed by atoms with van der Waals surface area (Å²) in [6.45, 7) is 5.72. The molecule has 0 aliphatic carbocycles. The standard InChI is InChI=1S/C24H27N3OS/c1-18-14-20(16-21(15-18)28-17-19-6-3-2-4-7-19)8-5-11-27-12-9-22-23(10-13-27)29-24(25)26-22/h2-8,14-16H,9-13,17H2,1H3,(H2,25,26)/b8-5+. The van der Waals surface area contributed by atoms with Crippen molar-refractivity contribution in [2.24, 2.45) is 0 Å². The Hall–Kier alpha value is -2.63. The summed E-state index contributed by atoms with van der Waals surface area (Å²) in [5.41, 5.74) is 10.6. The molecule has 0 unspecified atom stereocenters. The van der Waals surface area contributed by atoms with Gasteiger partial charge in [0, 0.05) is 30.9 Å². The summed E-state index contributed by atoms with van der Waals surface area (Å²) in [6, 6.07) is 16.7. The minimum atomic E-state index is 0.587. The van der Waals surface area contributed by atoms with E-state index < -0.39 is 0 Å². The van der Waals surface area contributed by atoms with Crippen LogP contribution < -0.4 is 10.5 Å². The number of anilines is 1. The van der Waals surface area contributed by atoms with Crippen LogP contribution in [0.4, 0.5) is 5.13 Å². The lowest BCUT2D eigenvalue weighted by Gasteiger charge is -2.17.